The van der Waals surface area contributed by atoms with Crippen molar-refractivity contribution in [3.8, 4) is 0 Å². The number of rotatable bonds is 18. The van der Waals surface area contributed by atoms with Crippen molar-refractivity contribution in [2.75, 3.05) is 52.9 Å². The Labute approximate surface area is 164 Å². The fourth-order valence-electron chi connectivity index (χ4n) is 1.93. The molecule has 0 aromatic rings. The summed E-state index contributed by atoms with van der Waals surface area (Å²) in [6.07, 6.45) is 2.60. The van der Waals surface area contributed by atoms with Crippen LogP contribution in [0.25, 0.3) is 0 Å². The Bertz CT molecular complexity index is 335. The Morgan fingerprint density at radius 1 is 0.556 bits per heavy atom. The summed E-state index contributed by atoms with van der Waals surface area (Å²) in [5.41, 5.74) is 0. The van der Waals surface area contributed by atoms with E-state index in [1.165, 1.54) is 0 Å². The highest BCUT2D eigenvalue weighted by Crippen LogP contribution is 2.04. The molecule has 0 saturated carbocycles. The van der Waals surface area contributed by atoms with Gasteiger partial charge in [0.05, 0.1) is 39.6 Å². The van der Waals surface area contributed by atoms with Crippen LogP contribution >= 0.6 is 0 Å². The maximum atomic E-state index is 11.4. The molecule has 0 aromatic heterocycles. The SMILES string of the molecule is CC(C)CCC(=O)OCCOCCOCCOCCOC(=O)CCC(C)C. The van der Waals surface area contributed by atoms with Crippen LogP contribution in [0, 0.1) is 11.8 Å². The number of carbonyl (C=O) groups is 2. The third-order valence-electron chi connectivity index (χ3n) is 3.58. The van der Waals surface area contributed by atoms with Crippen LogP contribution in [-0.2, 0) is 33.3 Å². The minimum atomic E-state index is -0.175. The fourth-order valence-corrected chi connectivity index (χ4v) is 1.93. The number of hydrogen-bond acceptors (Lipinski definition) is 7. The first-order valence-electron chi connectivity index (χ1n) is 9.96. The first-order chi connectivity index (χ1) is 12.9. The van der Waals surface area contributed by atoms with Crippen molar-refractivity contribution in [2.24, 2.45) is 11.8 Å². The number of hydrogen-bond donors (Lipinski definition) is 0. The van der Waals surface area contributed by atoms with E-state index < -0.39 is 0 Å². The molecule has 0 aliphatic heterocycles. The van der Waals surface area contributed by atoms with Crippen LogP contribution in [0.15, 0.2) is 0 Å². The summed E-state index contributed by atoms with van der Waals surface area (Å²) in [7, 11) is 0. The van der Waals surface area contributed by atoms with Gasteiger partial charge in [0, 0.05) is 12.8 Å². The van der Waals surface area contributed by atoms with Crippen LogP contribution in [0.4, 0.5) is 0 Å². The van der Waals surface area contributed by atoms with Gasteiger partial charge >= 0.3 is 11.9 Å². The molecular weight excluding hydrogens is 352 g/mol. The van der Waals surface area contributed by atoms with E-state index in [0.717, 1.165) is 12.8 Å². The van der Waals surface area contributed by atoms with E-state index in [0.29, 0.717) is 64.3 Å². The number of ether oxygens (including phenoxy) is 5. The largest absolute Gasteiger partial charge is 0.463 e. The second-order valence-corrected chi connectivity index (χ2v) is 7.14. The monoisotopic (exact) mass is 390 g/mol. The lowest BCUT2D eigenvalue weighted by Crippen LogP contribution is -2.15. The quantitative estimate of drug-likeness (QED) is 0.263. The molecule has 0 fully saturated rings. The Balaban J connectivity index is 3.21. The maximum Gasteiger partial charge on any atom is 0.305 e. The van der Waals surface area contributed by atoms with Gasteiger partial charge in [-0.25, -0.2) is 0 Å². The van der Waals surface area contributed by atoms with E-state index in [2.05, 4.69) is 27.7 Å². The molecule has 0 N–H and O–H groups in total. The van der Waals surface area contributed by atoms with Gasteiger partial charge in [-0.3, -0.25) is 9.59 Å². The third-order valence-corrected chi connectivity index (χ3v) is 3.58. The van der Waals surface area contributed by atoms with Crippen LogP contribution in [0.2, 0.25) is 0 Å². The molecular formula is C20H38O7. The normalized spacial score (nSPS) is 11.2. The summed E-state index contributed by atoms with van der Waals surface area (Å²) in [4.78, 5) is 22.8. The lowest BCUT2D eigenvalue weighted by molar-refractivity contribution is -0.146. The van der Waals surface area contributed by atoms with Crippen LogP contribution < -0.4 is 0 Å². The van der Waals surface area contributed by atoms with Crippen LogP contribution in [-0.4, -0.2) is 64.8 Å². The van der Waals surface area contributed by atoms with Crippen LogP contribution in [0.1, 0.15) is 53.4 Å². The van der Waals surface area contributed by atoms with Crippen molar-refractivity contribution >= 4 is 11.9 Å². The summed E-state index contributed by atoms with van der Waals surface area (Å²) < 4.78 is 26.1. The standard InChI is InChI=1S/C20H38O7/c1-17(2)5-7-19(21)26-15-13-24-11-9-23-10-12-25-14-16-27-20(22)8-6-18(3)4/h17-18H,5-16H2,1-4H3. The highest BCUT2D eigenvalue weighted by molar-refractivity contribution is 5.69. The number of esters is 2. The zero-order valence-corrected chi connectivity index (χ0v) is 17.5. The van der Waals surface area contributed by atoms with Gasteiger partial charge < -0.3 is 23.7 Å². The Hall–Kier alpha value is -1.18. The molecule has 0 aromatic carbocycles. The minimum absolute atomic E-state index is 0.175. The molecule has 0 radical (unpaired) electrons. The first-order valence-corrected chi connectivity index (χ1v) is 9.96. The molecule has 0 amide bonds. The predicted molar refractivity (Wildman–Crippen MR) is 103 cm³/mol. The van der Waals surface area contributed by atoms with Crippen molar-refractivity contribution in [3.63, 3.8) is 0 Å². The average Bonchev–Trinajstić information content (AvgIpc) is 2.62. The zero-order chi connectivity index (χ0) is 20.3. The third kappa shape index (κ3) is 21.0. The molecule has 7 nitrogen and oxygen atoms in total. The molecule has 0 heterocycles. The molecule has 0 spiro atoms. The van der Waals surface area contributed by atoms with Gasteiger partial charge in [-0.15, -0.1) is 0 Å². The minimum Gasteiger partial charge on any atom is -0.463 e. The molecule has 0 saturated heterocycles. The van der Waals surface area contributed by atoms with E-state index in [-0.39, 0.29) is 25.2 Å². The van der Waals surface area contributed by atoms with Crippen molar-refractivity contribution < 1.29 is 33.3 Å². The molecule has 0 unspecified atom stereocenters. The Kier molecular flexibility index (Phi) is 17.4. The summed E-state index contributed by atoms with van der Waals surface area (Å²) in [5.74, 6) is 0.650. The molecule has 27 heavy (non-hydrogen) atoms. The van der Waals surface area contributed by atoms with Gasteiger partial charge in [-0.05, 0) is 24.7 Å². The van der Waals surface area contributed by atoms with E-state index in [4.69, 9.17) is 23.7 Å². The highest BCUT2D eigenvalue weighted by atomic mass is 16.6. The average molecular weight is 391 g/mol. The van der Waals surface area contributed by atoms with E-state index in [1.54, 1.807) is 0 Å². The van der Waals surface area contributed by atoms with Crippen LogP contribution in [0.5, 0.6) is 0 Å². The molecule has 0 aliphatic rings. The van der Waals surface area contributed by atoms with Gasteiger partial charge in [-0.1, -0.05) is 27.7 Å². The molecule has 7 heteroatoms. The zero-order valence-electron chi connectivity index (χ0n) is 17.5. The van der Waals surface area contributed by atoms with Gasteiger partial charge in [0.2, 0.25) is 0 Å². The van der Waals surface area contributed by atoms with Gasteiger partial charge in [0.15, 0.2) is 0 Å². The van der Waals surface area contributed by atoms with Gasteiger partial charge in [-0.2, -0.15) is 0 Å². The second kappa shape index (κ2) is 18.2. The topological polar surface area (TPSA) is 80.3 Å². The summed E-state index contributed by atoms with van der Waals surface area (Å²) in [6.45, 7) is 11.4. The van der Waals surface area contributed by atoms with Gasteiger partial charge in [0.1, 0.15) is 13.2 Å². The highest BCUT2D eigenvalue weighted by Gasteiger charge is 2.05. The van der Waals surface area contributed by atoms with Gasteiger partial charge in [0.25, 0.3) is 0 Å². The van der Waals surface area contributed by atoms with E-state index in [1.807, 2.05) is 0 Å². The smallest absolute Gasteiger partial charge is 0.305 e. The Morgan fingerprint density at radius 2 is 0.852 bits per heavy atom. The lowest BCUT2D eigenvalue weighted by atomic mass is 10.1. The first kappa shape index (κ1) is 25.8. The molecule has 0 bridgehead atoms. The van der Waals surface area contributed by atoms with Crippen molar-refractivity contribution in [1.82, 2.24) is 0 Å². The molecule has 0 aliphatic carbocycles. The Morgan fingerprint density at radius 3 is 1.15 bits per heavy atom. The van der Waals surface area contributed by atoms with Crippen molar-refractivity contribution in [1.29, 1.82) is 0 Å². The number of carbonyl (C=O) groups excluding carboxylic acids is 2. The predicted octanol–water partition coefficient (Wildman–Crippen LogP) is 3.00. The fraction of sp³-hybridized carbons (Fsp3) is 0.900. The van der Waals surface area contributed by atoms with Crippen molar-refractivity contribution in [2.45, 2.75) is 53.4 Å². The molecule has 0 rings (SSSR count). The van der Waals surface area contributed by atoms with E-state index >= 15 is 0 Å². The lowest BCUT2D eigenvalue weighted by Gasteiger charge is -2.09. The summed E-state index contributed by atoms with van der Waals surface area (Å²) in [5, 5.41) is 0. The van der Waals surface area contributed by atoms with E-state index in [9.17, 15) is 9.59 Å². The second-order valence-electron chi connectivity index (χ2n) is 7.14. The summed E-state index contributed by atoms with van der Waals surface area (Å²) >= 11 is 0. The maximum absolute atomic E-state index is 11.4. The molecule has 160 valence electrons. The van der Waals surface area contributed by atoms with Crippen molar-refractivity contribution in [3.05, 3.63) is 0 Å². The van der Waals surface area contributed by atoms with Crippen LogP contribution in [0.3, 0.4) is 0 Å². The summed E-state index contributed by atoms with van der Waals surface area (Å²) in [6, 6.07) is 0. The molecule has 0 atom stereocenters.